The number of ether oxygens (including phenoxy) is 2. The van der Waals surface area contributed by atoms with Crippen LogP contribution in [0.1, 0.15) is 48.6 Å². The zero-order valence-corrected chi connectivity index (χ0v) is 21.4. The first-order valence-corrected chi connectivity index (χ1v) is 12.4. The number of carbonyl (C=O) groups excluding carboxylic acids is 2. The van der Waals surface area contributed by atoms with Gasteiger partial charge in [0.15, 0.2) is 6.61 Å². The Balaban J connectivity index is 1.54. The van der Waals surface area contributed by atoms with Crippen molar-refractivity contribution in [1.29, 1.82) is 0 Å². The number of nitrogens with one attached hydrogen (secondary N) is 1. The Morgan fingerprint density at radius 3 is 2.36 bits per heavy atom. The van der Waals surface area contributed by atoms with Crippen LogP contribution < -0.4 is 14.8 Å². The van der Waals surface area contributed by atoms with Gasteiger partial charge in [-0.25, -0.2) is 0 Å². The predicted octanol–water partition coefficient (Wildman–Crippen LogP) is 5.54. The van der Waals surface area contributed by atoms with Gasteiger partial charge in [0.2, 0.25) is 5.91 Å². The minimum Gasteiger partial charge on any atom is -0.497 e. The molecule has 4 rings (SSSR count). The molecule has 0 saturated heterocycles. The highest BCUT2D eigenvalue weighted by atomic mass is 16.5. The molecule has 188 valence electrons. The third-order valence-corrected chi connectivity index (χ3v) is 6.39. The fourth-order valence-electron chi connectivity index (χ4n) is 4.55. The summed E-state index contributed by atoms with van der Waals surface area (Å²) < 4.78 is 11.0. The molecule has 3 aromatic carbocycles. The van der Waals surface area contributed by atoms with Crippen molar-refractivity contribution in [2.45, 2.75) is 39.7 Å². The first-order chi connectivity index (χ1) is 17.3. The highest BCUT2D eigenvalue weighted by molar-refractivity contribution is 5.91. The van der Waals surface area contributed by atoms with Crippen LogP contribution in [0, 0.1) is 12.8 Å². The first kappa shape index (κ1) is 25.3. The van der Waals surface area contributed by atoms with E-state index in [-0.39, 0.29) is 30.4 Å². The van der Waals surface area contributed by atoms with E-state index in [1.165, 1.54) is 11.1 Å². The lowest BCUT2D eigenvalue weighted by atomic mass is 9.87. The van der Waals surface area contributed by atoms with Gasteiger partial charge < -0.3 is 19.7 Å². The van der Waals surface area contributed by atoms with Gasteiger partial charge in [0, 0.05) is 18.7 Å². The van der Waals surface area contributed by atoms with Crippen molar-refractivity contribution in [2.75, 3.05) is 25.6 Å². The SMILES string of the molecule is COc1ccc(NC(=O)COc2ccc3c(c2)[C@H](c2ccc(C)cc2)N(C(=O)CC(C)C)CC3)cc1. The quantitative estimate of drug-likeness (QED) is 0.454. The van der Waals surface area contributed by atoms with E-state index in [2.05, 4.69) is 56.4 Å². The zero-order valence-electron chi connectivity index (χ0n) is 21.4. The number of carbonyl (C=O) groups is 2. The standard InChI is InChI=1S/C30H34N2O4/c1-20(2)17-29(34)32-16-15-22-9-12-26(18-27(22)30(32)23-7-5-21(3)6-8-23)36-19-28(33)31-24-10-13-25(35-4)14-11-24/h5-14,18,20,30H,15-17,19H2,1-4H3,(H,31,33)/t30-/m0/s1. The Kier molecular flexibility index (Phi) is 7.93. The van der Waals surface area contributed by atoms with Crippen molar-refractivity contribution in [3.8, 4) is 11.5 Å². The van der Waals surface area contributed by atoms with Gasteiger partial charge in [-0.05, 0) is 72.4 Å². The zero-order chi connectivity index (χ0) is 25.7. The maximum absolute atomic E-state index is 13.2. The molecule has 1 aliphatic rings. The van der Waals surface area contributed by atoms with E-state index in [0.29, 0.717) is 24.4 Å². The molecule has 3 aromatic rings. The fourth-order valence-corrected chi connectivity index (χ4v) is 4.55. The number of hydrogen-bond acceptors (Lipinski definition) is 4. The van der Waals surface area contributed by atoms with Crippen LogP contribution in [0.15, 0.2) is 66.7 Å². The lowest BCUT2D eigenvalue weighted by Gasteiger charge is -2.38. The smallest absolute Gasteiger partial charge is 0.262 e. The van der Waals surface area contributed by atoms with Gasteiger partial charge in [0.05, 0.1) is 13.2 Å². The van der Waals surface area contributed by atoms with E-state index in [0.717, 1.165) is 23.3 Å². The number of anilines is 1. The summed E-state index contributed by atoms with van der Waals surface area (Å²) >= 11 is 0. The highest BCUT2D eigenvalue weighted by Gasteiger charge is 2.32. The molecule has 1 aliphatic heterocycles. The normalized spacial score (nSPS) is 14.8. The molecule has 1 N–H and O–H groups in total. The number of hydrogen-bond donors (Lipinski definition) is 1. The number of rotatable bonds is 8. The van der Waals surface area contributed by atoms with Gasteiger partial charge in [0.25, 0.3) is 5.91 Å². The Labute approximate surface area is 213 Å². The topological polar surface area (TPSA) is 67.9 Å². The number of amides is 2. The molecule has 0 aromatic heterocycles. The van der Waals surface area contributed by atoms with E-state index in [9.17, 15) is 9.59 Å². The molecule has 0 radical (unpaired) electrons. The van der Waals surface area contributed by atoms with E-state index >= 15 is 0 Å². The average molecular weight is 487 g/mol. The predicted molar refractivity (Wildman–Crippen MR) is 141 cm³/mol. The van der Waals surface area contributed by atoms with Gasteiger partial charge in [-0.1, -0.05) is 49.7 Å². The van der Waals surface area contributed by atoms with Crippen LogP contribution >= 0.6 is 0 Å². The molecule has 36 heavy (non-hydrogen) atoms. The second-order valence-electron chi connectivity index (χ2n) is 9.67. The summed E-state index contributed by atoms with van der Waals surface area (Å²) in [5, 5.41) is 2.83. The average Bonchev–Trinajstić information content (AvgIpc) is 2.87. The van der Waals surface area contributed by atoms with E-state index in [1.807, 2.05) is 17.0 Å². The van der Waals surface area contributed by atoms with Crippen molar-refractivity contribution >= 4 is 17.5 Å². The number of nitrogens with zero attached hydrogens (tertiary/aromatic N) is 1. The molecule has 0 bridgehead atoms. The minimum absolute atomic E-state index is 0.115. The van der Waals surface area contributed by atoms with Crippen molar-refractivity contribution in [3.63, 3.8) is 0 Å². The second-order valence-corrected chi connectivity index (χ2v) is 9.67. The van der Waals surface area contributed by atoms with Gasteiger partial charge in [-0.3, -0.25) is 9.59 Å². The summed E-state index contributed by atoms with van der Waals surface area (Å²) in [7, 11) is 1.60. The summed E-state index contributed by atoms with van der Waals surface area (Å²) in [4.78, 5) is 27.7. The van der Waals surface area contributed by atoms with Crippen LogP contribution in [0.25, 0.3) is 0 Å². The fraction of sp³-hybridized carbons (Fsp3) is 0.333. The van der Waals surface area contributed by atoms with E-state index in [4.69, 9.17) is 9.47 Å². The maximum atomic E-state index is 13.2. The number of benzene rings is 3. The van der Waals surface area contributed by atoms with Crippen LogP contribution in [-0.2, 0) is 16.0 Å². The minimum atomic E-state index is -0.248. The molecule has 1 atom stereocenters. The Hall–Kier alpha value is -3.80. The number of aryl methyl sites for hydroxylation is 1. The van der Waals surface area contributed by atoms with Crippen LogP contribution in [0.3, 0.4) is 0 Å². The van der Waals surface area contributed by atoms with Crippen molar-refractivity contribution < 1.29 is 19.1 Å². The molecular weight excluding hydrogens is 452 g/mol. The Morgan fingerprint density at radius 2 is 1.69 bits per heavy atom. The molecule has 6 heteroatoms. The second kappa shape index (κ2) is 11.3. The van der Waals surface area contributed by atoms with Crippen LogP contribution in [-0.4, -0.2) is 37.0 Å². The van der Waals surface area contributed by atoms with Crippen LogP contribution in [0.2, 0.25) is 0 Å². The van der Waals surface area contributed by atoms with E-state index in [1.54, 1.807) is 31.4 Å². The summed E-state index contributed by atoms with van der Waals surface area (Å²) in [5.74, 6) is 1.53. The lowest BCUT2D eigenvalue weighted by Crippen LogP contribution is -2.41. The van der Waals surface area contributed by atoms with Crippen molar-refractivity contribution in [2.24, 2.45) is 5.92 Å². The highest BCUT2D eigenvalue weighted by Crippen LogP contribution is 2.38. The third-order valence-electron chi connectivity index (χ3n) is 6.39. The van der Waals surface area contributed by atoms with Crippen LogP contribution in [0.4, 0.5) is 5.69 Å². The van der Waals surface area contributed by atoms with Crippen molar-refractivity contribution in [3.05, 3.63) is 89.0 Å². The molecular formula is C30H34N2O4. The van der Waals surface area contributed by atoms with Crippen molar-refractivity contribution in [1.82, 2.24) is 4.90 Å². The molecule has 0 unspecified atom stereocenters. The van der Waals surface area contributed by atoms with Gasteiger partial charge in [0.1, 0.15) is 11.5 Å². The molecule has 6 nitrogen and oxygen atoms in total. The van der Waals surface area contributed by atoms with Crippen LogP contribution in [0.5, 0.6) is 11.5 Å². The Morgan fingerprint density at radius 1 is 1.00 bits per heavy atom. The molecule has 0 spiro atoms. The third kappa shape index (κ3) is 6.06. The summed E-state index contributed by atoms with van der Waals surface area (Å²) in [6, 6.07) is 21.3. The number of fused-ring (bicyclic) bond motifs is 1. The lowest BCUT2D eigenvalue weighted by molar-refractivity contribution is -0.134. The first-order valence-electron chi connectivity index (χ1n) is 12.4. The van der Waals surface area contributed by atoms with E-state index < -0.39 is 0 Å². The van der Waals surface area contributed by atoms with Gasteiger partial charge in [-0.15, -0.1) is 0 Å². The molecule has 0 aliphatic carbocycles. The summed E-state index contributed by atoms with van der Waals surface area (Å²) in [6.45, 7) is 6.76. The van der Waals surface area contributed by atoms with Gasteiger partial charge in [-0.2, -0.15) is 0 Å². The molecule has 0 fully saturated rings. The molecule has 0 saturated carbocycles. The largest absolute Gasteiger partial charge is 0.497 e. The maximum Gasteiger partial charge on any atom is 0.262 e. The summed E-state index contributed by atoms with van der Waals surface area (Å²) in [6.07, 6.45) is 1.30. The van der Waals surface area contributed by atoms with Gasteiger partial charge >= 0.3 is 0 Å². The summed E-state index contributed by atoms with van der Waals surface area (Å²) in [5.41, 5.74) is 5.18. The number of methoxy groups -OCH3 is 1. The molecule has 2 amide bonds. The monoisotopic (exact) mass is 486 g/mol. The molecule has 1 heterocycles. The Bertz CT molecular complexity index is 1200.